The average Bonchev–Trinajstić information content (AvgIpc) is 2.83. The molecule has 1 spiro atoms. The number of piperidine rings is 1. The molecule has 0 aliphatic carbocycles. The molecule has 0 atom stereocenters. The lowest BCUT2D eigenvalue weighted by Gasteiger charge is -2.38. The van der Waals surface area contributed by atoms with Gasteiger partial charge in [-0.15, -0.1) is 0 Å². The SMILES string of the molecule is O=C1CC2(CCN(C(=O)c3cc(F)ccc3F)CC2)CN1. The molecule has 6 heteroatoms. The van der Waals surface area contributed by atoms with Crippen LogP contribution in [0.5, 0.6) is 0 Å². The molecule has 2 saturated heterocycles. The number of benzene rings is 1. The van der Waals surface area contributed by atoms with Crippen molar-refractivity contribution in [3.05, 3.63) is 35.4 Å². The van der Waals surface area contributed by atoms with Crippen LogP contribution in [0.2, 0.25) is 0 Å². The number of amides is 2. The van der Waals surface area contributed by atoms with Crippen LogP contribution >= 0.6 is 0 Å². The topological polar surface area (TPSA) is 49.4 Å². The van der Waals surface area contributed by atoms with Crippen LogP contribution in [0.15, 0.2) is 18.2 Å². The zero-order chi connectivity index (χ0) is 15.0. The van der Waals surface area contributed by atoms with Crippen LogP contribution in [0.3, 0.4) is 0 Å². The zero-order valence-corrected chi connectivity index (χ0v) is 11.5. The monoisotopic (exact) mass is 294 g/mol. The zero-order valence-electron chi connectivity index (χ0n) is 11.5. The van der Waals surface area contributed by atoms with Gasteiger partial charge in [0.15, 0.2) is 0 Å². The van der Waals surface area contributed by atoms with Crippen LogP contribution in [0.4, 0.5) is 8.78 Å². The van der Waals surface area contributed by atoms with Crippen LogP contribution in [0.1, 0.15) is 29.6 Å². The Bertz CT molecular complexity index is 595. The van der Waals surface area contributed by atoms with Crippen LogP contribution in [-0.4, -0.2) is 36.3 Å². The summed E-state index contributed by atoms with van der Waals surface area (Å²) in [5, 5.41) is 2.82. The molecule has 1 aromatic rings. The summed E-state index contributed by atoms with van der Waals surface area (Å²) in [6, 6.07) is 2.89. The van der Waals surface area contributed by atoms with Crippen LogP contribution in [0.25, 0.3) is 0 Å². The van der Waals surface area contributed by atoms with Crippen LogP contribution < -0.4 is 5.32 Å². The fourth-order valence-corrected chi connectivity index (χ4v) is 3.12. The summed E-state index contributed by atoms with van der Waals surface area (Å²) < 4.78 is 26.8. The van der Waals surface area contributed by atoms with Gasteiger partial charge in [0.25, 0.3) is 5.91 Å². The fraction of sp³-hybridized carbons (Fsp3) is 0.467. The molecule has 3 rings (SSSR count). The maximum atomic E-state index is 13.7. The van der Waals surface area contributed by atoms with E-state index in [1.807, 2.05) is 0 Å². The molecule has 21 heavy (non-hydrogen) atoms. The number of halogens is 2. The quantitative estimate of drug-likeness (QED) is 0.857. The molecule has 1 N–H and O–H groups in total. The summed E-state index contributed by atoms with van der Waals surface area (Å²) >= 11 is 0. The van der Waals surface area contributed by atoms with E-state index in [0.717, 1.165) is 18.2 Å². The summed E-state index contributed by atoms with van der Waals surface area (Å²) in [5.74, 6) is -1.77. The van der Waals surface area contributed by atoms with Crippen molar-refractivity contribution in [3.63, 3.8) is 0 Å². The Morgan fingerprint density at radius 2 is 1.95 bits per heavy atom. The Morgan fingerprint density at radius 1 is 1.24 bits per heavy atom. The van der Waals surface area contributed by atoms with Crippen molar-refractivity contribution in [2.24, 2.45) is 5.41 Å². The van der Waals surface area contributed by atoms with E-state index in [0.29, 0.717) is 38.9 Å². The number of nitrogens with zero attached hydrogens (tertiary/aromatic N) is 1. The predicted molar refractivity (Wildman–Crippen MR) is 71.6 cm³/mol. The first-order chi connectivity index (χ1) is 9.99. The van der Waals surface area contributed by atoms with Crippen molar-refractivity contribution in [3.8, 4) is 0 Å². The molecule has 4 nitrogen and oxygen atoms in total. The molecule has 0 saturated carbocycles. The van der Waals surface area contributed by atoms with E-state index in [9.17, 15) is 18.4 Å². The van der Waals surface area contributed by atoms with Crippen molar-refractivity contribution in [1.29, 1.82) is 0 Å². The summed E-state index contributed by atoms with van der Waals surface area (Å²) in [6.45, 7) is 1.57. The van der Waals surface area contributed by atoms with Gasteiger partial charge >= 0.3 is 0 Å². The summed E-state index contributed by atoms with van der Waals surface area (Å²) in [4.78, 5) is 25.2. The first kappa shape index (κ1) is 14.0. The molecule has 2 heterocycles. The van der Waals surface area contributed by atoms with E-state index in [-0.39, 0.29) is 16.9 Å². The van der Waals surface area contributed by atoms with Gasteiger partial charge in [0.05, 0.1) is 5.56 Å². The third kappa shape index (κ3) is 2.62. The number of likely N-dealkylation sites (tertiary alicyclic amines) is 1. The standard InChI is InChI=1S/C15H16F2N2O2/c16-10-1-2-12(17)11(7-10)14(21)19-5-3-15(4-6-19)8-13(20)18-9-15/h1-2,7H,3-6,8-9H2,(H,18,20). The second-order valence-corrected chi connectivity index (χ2v) is 5.87. The average molecular weight is 294 g/mol. The Labute approximate surface area is 121 Å². The van der Waals surface area contributed by atoms with Gasteiger partial charge in [-0.05, 0) is 36.5 Å². The molecule has 0 bridgehead atoms. The van der Waals surface area contributed by atoms with Crippen molar-refractivity contribution < 1.29 is 18.4 Å². The molecule has 2 fully saturated rings. The maximum absolute atomic E-state index is 13.7. The number of hydrogen-bond donors (Lipinski definition) is 1. The number of carbonyl (C=O) groups excluding carboxylic acids is 2. The highest BCUT2D eigenvalue weighted by Crippen LogP contribution is 2.37. The normalized spacial score (nSPS) is 20.7. The lowest BCUT2D eigenvalue weighted by molar-refractivity contribution is -0.119. The number of carbonyl (C=O) groups is 2. The van der Waals surface area contributed by atoms with Gasteiger partial charge in [0, 0.05) is 26.1 Å². The molecular formula is C15H16F2N2O2. The van der Waals surface area contributed by atoms with Crippen molar-refractivity contribution in [2.75, 3.05) is 19.6 Å². The van der Waals surface area contributed by atoms with E-state index >= 15 is 0 Å². The first-order valence-corrected chi connectivity index (χ1v) is 7.00. The molecule has 0 aromatic heterocycles. The second kappa shape index (κ2) is 5.09. The van der Waals surface area contributed by atoms with Crippen molar-refractivity contribution >= 4 is 11.8 Å². The number of nitrogens with one attached hydrogen (secondary N) is 1. The fourth-order valence-electron chi connectivity index (χ4n) is 3.12. The molecule has 2 aliphatic heterocycles. The number of rotatable bonds is 1. The molecule has 0 radical (unpaired) electrons. The van der Waals surface area contributed by atoms with Gasteiger partial charge < -0.3 is 10.2 Å². The van der Waals surface area contributed by atoms with Gasteiger partial charge in [-0.25, -0.2) is 8.78 Å². The smallest absolute Gasteiger partial charge is 0.256 e. The summed E-state index contributed by atoms with van der Waals surface area (Å²) in [6.07, 6.45) is 1.90. The molecule has 2 aliphatic rings. The largest absolute Gasteiger partial charge is 0.356 e. The molecule has 2 amide bonds. The minimum absolute atomic E-state index is 0.0472. The van der Waals surface area contributed by atoms with E-state index in [2.05, 4.69) is 5.32 Å². The Balaban J connectivity index is 1.70. The number of hydrogen-bond acceptors (Lipinski definition) is 2. The van der Waals surface area contributed by atoms with Gasteiger partial charge in [-0.2, -0.15) is 0 Å². The van der Waals surface area contributed by atoms with E-state index in [1.165, 1.54) is 4.90 Å². The minimum atomic E-state index is -0.709. The third-order valence-electron chi connectivity index (χ3n) is 4.47. The van der Waals surface area contributed by atoms with Crippen LogP contribution in [-0.2, 0) is 4.79 Å². The van der Waals surface area contributed by atoms with Crippen molar-refractivity contribution in [1.82, 2.24) is 10.2 Å². The highest BCUT2D eigenvalue weighted by molar-refractivity contribution is 5.94. The molecular weight excluding hydrogens is 278 g/mol. The third-order valence-corrected chi connectivity index (χ3v) is 4.47. The van der Waals surface area contributed by atoms with E-state index in [4.69, 9.17) is 0 Å². The maximum Gasteiger partial charge on any atom is 0.256 e. The molecule has 0 unspecified atom stereocenters. The predicted octanol–water partition coefficient (Wildman–Crippen LogP) is 1.71. The minimum Gasteiger partial charge on any atom is -0.356 e. The van der Waals surface area contributed by atoms with E-state index in [1.54, 1.807) is 0 Å². The Kier molecular flexibility index (Phi) is 3.39. The van der Waals surface area contributed by atoms with Gasteiger partial charge in [-0.3, -0.25) is 9.59 Å². The van der Waals surface area contributed by atoms with Gasteiger partial charge in [0.2, 0.25) is 5.91 Å². The summed E-state index contributed by atoms with van der Waals surface area (Å²) in [5.41, 5.74) is -0.305. The van der Waals surface area contributed by atoms with E-state index < -0.39 is 17.5 Å². The second-order valence-electron chi connectivity index (χ2n) is 5.87. The van der Waals surface area contributed by atoms with Crippen molar-refractivity contribution in [2.45, 2.75) is 19.3 Å². The van der Waals surface area contributed by atoms with Crippen LogP contribution in [0, 0.1) is 17.0 Å². The highest BCUT2D eigenvalue weighted by atomic mass is 19.1. The molecule has 1 aromatic carbocycles. The first-order valence-electron chi connectivity index (χ1n) is 7.00. The lowest BCUT2D eigenvalue weighted by atomic mass is 9.77. The lowest BCUT2D eigenvalue weighted by Crippen LogP contribution is -2.44. The van der Waals surface area contributed by atoms with Gasteiger partial charge in [0.1, 0.15) is 11.6 Å². The van der Waals surface area contributed by atoms with Gasteiger partial charge in [-0.1, -0.05) is 0 Å². The molecule has 112 valence electrons. The highest BCUT2D eigenvalue weighted by Gasteiger charge is 2.41. The Hall–Kier alpha value is -1.98. The summed E-state index contributed by atoms with van der Waals surface area (Å²) in [7, 11) is 0. The Morgan fingerprint density at radius 3 is 2.57 bits per heavy atom.